The second kappa shape index (κ2) is 8.55. The Bertz CT molecular complexity index is 1530. The summed E-state index contributed by atoms with van der Waals surface area (Å²) < 4.78 is 70.7. The van der Waals surface area contributed by atoms with Crippen molar-refractivity contribution in [2.45, 2.75) is 24.6 Å². The van der Waals surface area contributed by atoms with Crippen LogP contribution in [0.5, 0.6) is 11.6 Å². The molecular formula is C24H19F3N4O4S. The van der Waals surface area contributed by atoms with Crippen LogP contribution >= 0.6 is 0 Å². The summed E-state index contributed by atoms with van der Waals surface area (Å²) in [6, 6.07) is 14.6. The molecule has 1 aliphatic heterocycles. The highest BCUT2D eigenvalue weighted by Gasteiger charge is 2.34. The van der Waals surface area contributed by atoms with E-state index in [1.807, 2.05) is 6.92 Å². The van der Waals surface area contributed by atoms with E-state index in [4.69, 9.17) is 0 Å². The molecule has 0 unspecified atom stereocenters. The van der Waals surface area contributed by atoms with Gasteiger partial charge in [-0.05, 0) is 61.9 Å². The summed E-state index contributed by atoms with van der Waals surface area (Å²) >= 11 is 0. The maximum absolute atomic E-state index is 13.5. The first-order chi connectivity index (χ1) is 17.0. The Morgan fingerprint density at radius 2 is 1.72 bits per heavy atom. The van der Waals surface area contributed by atoms with Crippen molar-refractivity contribution in [1.29, 1.82) is 0 Å². The standard InChI is InChI=1S/C24H19F3N4O4S/c1-15-4-10-18(11-5-15)36(33,34)30-14-12-20-21(19-3-2-13-28-22(19)30)29-31(23(20)32)16-6-8-17(9-7-16)35-24(25,26)27/h2-11,13,32H,12,14H2,1H3. The molecule has 0 atom stereocenters. The van der Waals surface area contributed by atoms with Gasteiger partial charge >= 0.3 is 6.36 Å². The number of aromatic nitrogens is 3. The first kappa shape index (κ1) is 23.7. The topological polar surface area (TPSA) is 97.6 Å². The van der Waals surface area contributed by atoms with Crippen LogP contribution in [0.15, 0.2) is 71.8 Å². The molecule has 0 radical (unpaired) electrons. The number of hydrogen-bond donors (Lipinski definition) is 1. The van der Waals surface area contributed by atoms with Crippen LogP contribution in [-0.4, -0.2) is 41.2 Å². The quantitative estimate of drug-likeness (QED) is 0.426. The number of fused-ring (bicyclic) bond motifs is 3. The number of ether oxygens (including phenoxy) is 1. The number of benzene rings is 2. The van der Waals surface area contributed by atoms with Crippen LogP contribution in [0, 0.1) is 6.92 Å². The molecule has 0 fully saturated rings. The van der Waals surface area contributed by atoms with Gasteiger partial charge in [0.15, 0.2) is 5.82 Å². The van der Waals surface area contributed by atoms with E-state index in [1.165, 1.54) is 39.4 Å². The van der Waals surface area contributed by atoms with Gasteiger partial charge < -0.3 is 9.84 Å². The van der Waals surface area contributed by atoms with Gasteiger partial charge in [-0.1, -0.05) is 17.7 Å². The highest BCUT2D eigenvalue weighted by atomic mass is 32.2. The van der Waals surface area contributed by atoms with Crippen molar-refractivity contribution in [3.63, 3.8) is 0 Å². The van der Waals surface area contributed by atoms with E-state index < -0.39 is 22.1 Å². The fourth-order valence-corrected chi connectivity index (χ4v) is 5.47. The maximum Gasteiger partial charge on any atom is 0.573 e. The second-order valence-corrected chi connectivity index (χ2v) is 9.98. The van der Waals surface area contributed by atoms with E-state index >= 15 is 0 Å². The van der Waals surface area contributed by atoms with E-state index in [9.17, 15) is 26.7 Å². The molecule has 2 aromatic carbocycles. The van der Waals surface area contributed by atoms with Gasteiger partial charge in [0, 0.05) is 23.9 Å². The number of anilines is 1. The normalized spacial score (nSPS) is 13.6. The number of nitrogens with zero attached hydrogens (tertiary/aromatic N) is 4. The molecule has 8 nitrogen and oxygen atoms in total. The van der Waals surface area contributed by atoms with Crippen LogP contribution in [0.25, 0.3) is 16.9 Å². The third-order valence-corrected chi connectivity index (χ3v) is 7.53. The first-order valence-electron chi connectivity index (χ1n) is 10.8. The highest BCUT2D eigenvalue weighted by molar-refractivity contribution is 7.92. The van der Waals surface area contributed by atoms with Crippen molar-refractivity contribution in [2.24, 2.45) is 0 Å². The maximum atomic E-state index is 13.5. The van der Waals surface area contributed by atoms with Crippen molar-refractivity contribution in [1.82, 2.24) is 14.8 Å². The zero-order valence-corrected chi connectivity index (χ0v) is 19.6. The number of halogens is 3. The predicted molar refractivity (Wildman–Crippen MR) is 125 cm³/mol. The molecule has 0 saturated heterocycles. The SMILES string of the molecule is Cc1ccc(S(=O)(=O)N2CCc3c(nn(-c4ccc(OC(F)(F)F)cc4)c3O)-c3cccnc32)cc1. The van der Waals surface area contributed by atoms with Gasteiger partial charge in [0.1, 0.15) is 11.4 Å². The Balaban J connectivity index is 1.56. The summed E-state index contributed by atoms with van der Waals surface area (Å²) in [4.78, 5) is 4.43. The third-order valence-electron chi connectivity index (χ3n) is 5.72. The minimum Gasteiger partial charge on any atom is -0.493 e. The number of aromatic hydroxyl groups is 1. The molecule has 186 valence electrons. The Morgan fingerprint density at radius 1 is 1.03 bits per heavy atom. The Labute approximate surface area is 204 Å². The molecule has 36 heavy (non-hydrogen) atoms. The van der Waals surface area contributed by atoms with Crippen LogP contribution in [-0.2, 0) is 16.4 Å². The van der Waals surface area contributed by atoms with Crippen LogP contribution in [0.2, 0.25) is 0 Å². The lowest BCUT2D eigenvalue weighted by Gasteiger charge is -2.23. The lowest BCUT2D eigenvalue weighted by molar-refractivity contribution is -0.274. The average molecular weight is 517 g/mol. The Morgan fingerprint density at radius 3 is 2.39 bits per heavy atom. The van der Waals surface area contributed by atoms with Crippen molar-refractivity contribution >= 4 is 15.8 Å². The van der Waals surface area contributed by atoms with Gasteiger partial charge in [-0.3, -0.25) is 0 Å². The van der Waals surface area contributed by atoms with Gasteiger partial charge in [0.05, 0.1) is 10.6 Å². The zero-order valence-electron chi connectivity index (χ0n) is 18.8. The van der Waals surface area contributed by atoms with Crippen LogP contribution in [0.4, 0.5) is 19.0 Å². The molecule has 3 heterocycles. The molecule has 0 amide bonds. The van der Waals surface area contributed by atoms with Gasteiger partial charge in [0.25, 0.3) is 10.0 Å². The van der Waals surface area contributed by atoms with Crippen LogP contribution in [0.1, 0.15) is 11.1 Å². The Hall–Kier alpha value is -4.06. The molecule has 0 spiro atoms. The zero-order chi connectivity index (χ0) is 25.7. The number of aryl methyl sites for hydroxylation is 1. The highest BCUT2D eigenvalue weighted by Crippen LogP contribution is 2.40. The second-order valence-electron chi connectivity index (χ2n) is 8.12. The minimum absolute atomic E-state index is 0.00909. The smallest absolute Gasteiger partial charge is 0.493 e. The van der Waals surface area contributed by atoms with Crippen LogP contribution in [0.3, 0.4) is 0 Å². The van der Waals surface area contributed by atoms with Gasteiger partial charge in [0.2, 0.25) is 5.88 Å². The molecule has 0 aliphatic carbocycles. The summed E-state index contributed by atoms with van der Waals surface area (Å²) in [7, 11) is -3.96. The number of pyridine rings is 1. The fourth-order valence-electron chi connectivity index (χ4n) is 4.03. The molecule has 2 aromatic heterocycles. The molecule has 1 aliphatic rings. The third kappa shape index (κ3) is 4.24. The lowest BCUT2D eigenvalue weighted by Crippen LogP contribution is -2.33. The van der Waals surface area contributed by atoms with Gasteiger partial charge in [-0.25, -0.2) is 22.4 Å². The monoisotopic (exact) mass is 516 g/mol. The molecule has 0 saturated carbocycles. The van der Waals surface area contributed by atoms with Crippen molar-refractivity contribution < 1.29 is 31.4 Å². The van der Waals surface area contributed by atoms with E-state index in [-0.39, 0.29) is 29.6 Å². The van der Waals surface area contributed by atoms with Crippen molar-refractivity contribution in [3.05, 3.63) is 78.0 Å². The predicted octanol–water partition coefficient (Wildman–Crippen LogP) is 4.60. The Kier molecular flexibility index (Phi) is 5.62. The van der Waals surface area contributed by atoms with Gasteiger partial charge in [-0.2, -0.15) is 5.10 Å². The van der Waals surface area contributed by atoms with Gasteiger partial charge in [-0.15, -0.1) is 13.2 Å². The van der Waals surface area contributed by atoms with E-state index in [0.717, 1.165) is 17.7 Å². The summed E-state index contributed by atoms with van der Waals surface area (Å²) in [5.74, 6) is -0.500. The summed E-state index contributed by atoms with van der Waals surface area (Å²) in [5.41, 5.74) is 2.33. The molecule has 12 heteroatoms. The minimum atomic E-state index is -4.83. The van der Waals surface area contributed by atoms with Crippen molar-refractivity contribution in [3.8, 4) is 28.6 Å². The molecule has 4 aromatic rings. The summed E-state index contributed by atoms with van der Waals surface area (Å²) in [6.07, 6.45) is -3.23. The molecule has 1 N–H and O–H groups in total. The molecule has 0 bridgehead atoms. The molecule has 5 rings (SSSR count). The fraction of sp³-hybridized carbons (Fsp3) is 0.167. The summed E-state index contributed by atoms with van der Waals surface area (Å²) in [6.45, 7) is 1.85. The molecular weight excluding hydrogens is 497 g/mol. The largest absolute Gasteiger partial charge is 0.573 e. The first-order valence-corrected chi connectivity index (χ1v) is 12.2. The lowest BCUT2D eigenvalue weighted by atomic mass is 10.1. The number of rotatable bonds is 4. The number of sulfonamides is 1. The number of hydrogen-bond acceptors (Lipinski definition) is 6. The van der Waals surface area contributed by atoms with E-state index in [0.29, 0.717) is 22.5 Å². The van der Waals surface area contributed by atoms with E-state index in [1.54, 1.807) is 24.3 Å². The summed E-state index contributed by atoms with van der Waals surface area (Å²) in [5, 5.41) is 15.4. The number of alkyl halides is 3. The average Bonchev–Trinajstić information content (AvgIpc) is 3.05. The van der Waals surface area contributed by atoms with E-state index in [2.05, 4.69) is 14.8 Å². The van der Waals surface area contributed by atoms with Crippen LogP contribution < -0.4 is 9.04 Å². The van der Waals surface area contributed by atoms with Crippen molar-refractivity contribution in [2.75, 3.05) is 10.8 Å².